The Bertz CT molecular complexity index is 376. The van der Waals surface area contributed by atoms with E-state index in [0.29, 0.717) is 0 Å². The lowest BCUT2D eigenvalue weighted by molar-refractivity contribution is 1.56. The summed E-state index contributed by atoms with van der Waals surface area (Å²) in [5, 5.41) is 0. The van der Waals surface area contributed by atoms with Crippen LogP contribution in [0.5, 0.6) is 0 Å². The highest BCUT2D eigenvalue weighted by Gasteiger charge is 1.99. The Morgan fingerprint density at radius 2 is 1.00 bits per heavy atom. The van der Waals surface area contributed by atoms with E-state index in [1.54, 1.807) is 0 Å². The van der Waals surface area contributed by atoms with E-state index in [-0.39, 0.29) is 12.4 Å². The van der Waals surface area contributed by atoms with Crippen LogP contribution in [0.3, 0.4) is 0 Å². The molecule has 0 saturated heterocycles. The number of hydrogen-bond donors (Lipinski definition) is 0. The van der Waals surface area contributed by atoms with Crippen molar-refractivity contribution in [2.24, 2.45) is 0 Å². The van der Waals surface area contributed by atoms with E-state index >= 15 is 0 Å². The third-order valence-electron chi connectivity index (χ3n) is 2.24. The lowest BCUT2D eigenvalue weighted by Gasteiger charge is -2.04. The Labute approximate surface area is 96.7 Å². The standard InChI is InChI=1S/C14H12.ClH/c1-12(13-8-4-2-5-9-13)14-10-6-3-7-11-14;/h2-11H,1H2;1H. The minimum absolute atomic E-state index is 0. The first-order chi connectivity index (χ1) is 6.88. The molecule has 0 aliphatic rings. The van der Waals surface area contributed by atoms with Crippen molar-refractivity contribution in [3.05, 3.63) is 78.4 Å². The SMILES string of the molecule is C=C(c1ccccc1)c1ccccc1.Cl. The van der Waals surface area contributed by atoms with Gasteiger partial charge in [0.15, 0.2) is 0 Å². The summed E-state index contributed by atoms with van der Waals surface area (Å²) in [6.45, 7) is 4.10. The van der Waals surface area contributed by atoms with Crippen LogP contribution in [0.25, 0.3) is 5.57 Å². The second-order valence-electron chi connectivity index (χ2n) is 3.21. The van der Waals surface area contributed by atoms with Crippen LogP contribution in [0.1, 0.15) is 11.1 Å². The van der Waals surface area contributed by atoms with Crippen molar-refractivity contribution >= 4 is 18.0 Å². The van der Waals surface area contributed by atoms with Gasteiger partial charge in [0.05, 0.1) is 0 Å². The van der Waals surface area contributed by atoms with Crippen LogP contribution in [-0.4, -0.2) is 0 Å². The fourth-order valence-electron chi connectivity index (χ4n) is 1.45. The first-order valence-corrected chi connectivity index (χ1v) is 4.67. The Hall–Kier alpha value is -1.53. The molecule has 76 valence electrons. The van der Waals surface area contributed by atoms with Gasteiger partial charge in [-0.05, 0) is 16.7 Å². The van der Waals surface area contributed by atoms with Crippen LogP contribution in [0.4, 0.5) is 0 Å². The molecule has 0 aliphatic heterocycles. The van der Waals surface area contributed by atoms with Crippen LogP contribution in [-0.2, 0) is 0 Å². The lowest BCUT2D eigenvalue weighted by atomic mass is 10.0. The molecule has 15 heavy (non-hydrogen) atoms. The number of benzene rings is 2. The van der Waals surface area contributed by atoms with Crippen molar-refractivity contribution in [1.82, 2.24) is 0 Å². The van der Waals surface area contributed by atoms with Gasteiger partial charge in [0.25, 0.3) is 0 Å². The van der Waals surface area contributed by atoms with Crippen molar-refractivity contribution in [2.75, 3.05) is 0 Å². The van der Waals surface area contributed by atoms with E-state index in [9.17, 15) is 0 Å². The Balaban J connectivity index is 0.00000112. The van der Waals surface area contributed by atoms with E-state index < -0.39 is 0 Å². The fraction of sp³-hybridized carbons (Fsp3) is 0. The smallest absolute Gasteiger partial charge is 0.0183 e. The highest BCUT2D eigenvalue weighted by molar-refractivity contribution is 5.85. The molecular formula is C14H13Cl. The Morgan fingerprint density at radius 3 is 1.33 bits per heavy atom. The van der Waals surface area contributed by atoms with Crippen LogP contribution < -0.4 is 0 Å². The minimum atomic E-state index is 0. The first kappa shape index (κ1) is 11.5. The summed E-state index contributed by atoms with van der Waals surface area (Å²) in [6.07, 6.45) is 0. The van der Waals surface area contributed by atoms with Gasteiger partial charge in [0.1, 0.15) is 0 Å². The van der Waals surface area contributed by atoms with Crippen LogP contribution in [0.15, 0.2) is 67.2 Å². The monoisotopic (exact) mass is 216 g/mol. The van der Waals surface area contributed by atoms with Crippen LogP contribution in [0, 0.1) is 0 Å². The maximum atomic E-state index is 4.10. The van der Waals surface area contributed by atoms with Crippen molar-refractivity contribution in [1.29, 1.82) is 0 Å². The van der Waals surface area contributed by atoms with E-state index in [0.717, 1.165) is 5.57 Å². The van der Waals surface area contributed by atoms with E-state index in [1.165, 1.54) is 11.1 Å². The molecule has 0 unspecified atom stereocenters. The molecule has 0 radical (unpaired) electrons. The molecule has 0 fully saturated rings. The zero-order valence-electron chi connectivity index (χ0n) is 8.39. The van der Waals surface area contributed by atoms with Gasteiger partial charge in [-0.3, -0.25) is 0 Å². The average molecular weight is 217 g/mol. The first-order valence-electron chi connectivity index (χ1n) is 4.67. The number of halogens is 1. The van der Waals surface area contributed by atoms with Gasteiger partial charge in [0, 0.05) is 0 Å². The van der Waals surface area contributed by atoms with Gasteiger partial charge in [-0.1, -0.05) is 67.2 Å². The average Bonchev–Trinajstić information content (AvgIpc) is 2.30. The van der Waals surface area contributed by atoms with Gasteiger partial charge < -0.3 is 0 Å². The fourth-order valence-corrected chi connectivity index (χ4v) is 1.45. The zero-order chi connectivity index (χ0) is 9.80. The van der Waals surface area contributed by atoms with Gasteiger partial charge in [-0.25, -0.2) is 0 Å². The molecule has 0 heterocycles. The molecule has 0 saturated carbocycles. The summed E-state index contributed by atoms with van der Waals surface area (Å²) in [4.78, 5) is 0. The van der Waals surface area contributed by atoms with Crippen LogP contribution >= 0.6 is 12.4 Å². The largest absolute Gasteiger partial charge is 0.147 e. The van der Waals surface area contributed by atoms with Crippen molar-refractivity contribution in [3.8, 4) is 0 Å². The van der Waals surface area contributed by atoms with Crippen LogP contribution in [0.2, 0.25) is 0 Å². The predicted octanol–water partition coefficient (Wildman–Crippen LogP) is 4.17. The highest BCUT2D eigenvalue weighted by atomic mass is 35.5. The maximum absolute atomic E-state index is 4.10. The van der Waals surface area contributed by atoms with E-state index in [2.05, 4.69) is 30.8 Å². The third kappa shape index (κ3) is 2.71. The molecule has 0 atom stereocenters. The molecule has 0 nitrogen and oxygen atoms in total. The summed E-state index contributed by atoms with van der Waals surface area (Å²) >= 11 is 0. The molecule has 0 aromatic heterocycles. The quantitative estimate of drug-likeness (QED) is 0.707. The second-order valence-corrected chi connectivity index (χ2v) is 3.21. The molecule has 0 bridgehead atoms. The van der Waals surface area contributed by atoms with Crippen molar-refractivity contribution in [2.45, 2.75) is 0 Å². The number of rotatable bonds is 2. The number of hydrogen-bond acceptors (Lipinski definition) is 0. The van der Waals surface area contributed by atoms with Gasteiger partial charge >= 0.3 is 0 Å². The molecular weight excluding hydrogens is 204 g/mol. The van der Waals surface area contributed by atoms with E-state index in [4.69, 9.17) is 0 Å². The topological polar surface area (TPSA) is 0 Å². The molecule has 0 spiro atoms. The third-order valence-corrected chi connectivity index (χ3v) is 2.24. The summed E-state index contributed by atoms with van der Waals surface area (Å²) in [5.41, 5.74) is 3.43. The summed E-state index contributed by atoms with van der Waals surface area (Å²) in [5.74, 6) is 0. The molecule has 2 aromatic rings. The maximum Gasteiger partial charge on any atom is -0.0183 e. The summed E-state index contributed by atoms with van der Waals surface area (Å²) in [7, 11) is 0. The Kier molecular flexibility index (Phi) is 4.14. The van der Waals surface area contributed by atoms with Gasteiger partial charge in [-0.2, -0.15) is 0 Å². The minimum Gasteiger partial charge on any atom is -0.147 e. The highest BCUT2D eigenvalue weighted by Crippen LogP contribution is 2.20. The molecule has 2 aromatic carbocycles. The van der Waals surface area contributed by atoms with Crippen molar-refractivity contribution < 1.29 is 0 Å². The summed E-state index contributed by atoms with van der Waals surface area (Å²) < 4.78 is 0. The Morgan fingerprint density at radius 1 is 0.667 bits per heavy atom. The van der Waals surface area contributed by atoms with Gasteiger partial charge in [-0.15, -0.1) is 12.4 Å². The van der Waals surface area contributed by atoms with Crippen molar-refractivity contribution in [3.63, 3.8) is 0 Å². The van der Waals surface area contributed by atoms with Gasteiger partial charge in [0.2, 0.25) is 0 Å². The predicted molar refractivity (Wildman–Crippen MR) is 68.3 cm³/mol. The normalized spacial score (nSPS) is 9.07. The molecule has 2 rings (SSSR count). The second kappa shape index (κ2) is 5.38. The molecule has 0 aliphatic carbocycles. The zero-order valence-corrected chi connectivity index (χ0v) is 9.21. The summed E-state index contributed by atoms with van der Waals surface area (Å²) in [6, 6.07) is 20.5. The molecule has 0 amide bonds. The lowest BCUT2D eigenvalue weighted by Crippen LogP contribution is -1.84. The van der Waals surface area contributed by atoms with E-state index in [1.807, 2.05) is 36.4 Å². The molecule has 1 heteroatoms. The molecule has 0 N–H and O–H groups in total.